The van der Waals surface area contributed by atoms with Crippen LogP contribution in [0.3, 0.4) is 0 Å². The first kappa shape index (κ1) is 22.3. The lowest BCUT2D eigenvalue weighted by Crippen LogP contribution is -2.16. The maximum atomic E-state index is 13.1. The van der Waals surface area contributed by atoms with Crippen molar-refractivity contribution in [3.8, 4) is 0 Å². The van der Waals surface area contributed by atoms with Gasteiger partial charge in [-0.25, -0.2) is 8.42 Å². The summed E-state index contributed by atoms with van der Waals surface area (Å²) < 4.78 is 31.0. The SMILES string of the molecule is CCCn1c(=O)sc2cc(S(=O)(=O)Nc3ccc(Cl)cc3C(=O)c3ccccc3)ccc21. The molecule has 0 radical (unpaired) electrons. The first-order valence-electron chi connectivity index (χ1n) is 9.85. The molecule has 4 aromatic rings. The van der Waals surface area contributed by atoms with Crippen LogP contribution in [0.5, 0.6) is 0 Å². The molecule has 32 heavy (non-hydrogen) atoms. The van der Waals surface area contributed by atoms with E-state index < -0.39 is 10.0 Å². The van der Waals surface area contributed by atoms with E-state index in [1.807, 2.05) is 6.92 Å². The van der Waals surface area contributed by atoms with Crippen molar-refractivity contribution in [2.45, 2.75) is 24.8 Å². The average Bonchev–Trinajstić information content (AvgIpc) is 3.09. The molecule has 0 aliphatic heterocycles. The molecule has 0 bridgehead atoms. The van der Waals surface area contributed by atoms with Crippen LogP contribution in [0.2, 0.25) is 5.02 Å². The van der Waals surface area contributed by atoms with Crippen molar-refractivity contribution in [2.24, 2.45) is 0 Å². The smallest absolute Gasteiger partial charge is 0.299 e. The third kappa shape index (κ3) is 4.34. The molecule has 0 saturated heterocycles. The Morgan fingerprint density at radius 3 is 2.53 bits per heavy atom. The van der Waals surface area contributed by atoms with Crippen molar-refractivity contribution in [3.05, 3.63) is 92.5 Å². The van der Waals surface area contributed by atoms with Crippen LogP contribution < -0.4 is 9.60 Å². The van der Waals surface area contributed by atoms with Crippen molar-refractivity contribution < 1.29 is 13.2 Å². The number of anilines is 1. The van der Waals surface area contributed by atoms with Gasteiger partial charge >= 0.3 is 4.87 Å². The molecule has 9 heteroatoms. The van der Waals surface area contributed by atoms with E-state index in [4.69, 9.17) is 11.6 Å². The number of hydrogen-bond donors (Lipinski definition) is 1. The Morgan fingerprint density at radius 1 is 1.06 bits per heavy atom. The van der Waals surface area contributed by atoms with Crippen molar-refractivity contribution in [1.82, 2.24) is 4.57 Å². The Hall–Kier alpha value is -2.94. The fourth-order valence-electron chi connectivity index (χ4n) is 3.39. The molecule has 0 atom stereocenters. The molecule has 1 aromatic heterocycles. The molecule has 3 aromatic carbocycles. The van der Waals surface area contributed by atoms with E-state index in [0.717, 1.165) is 17.8 Å². The van der Waals surface area contributed by atoms with Crippen LogP contribution in [-0.2, 0) is 16.6 Å². The van der Waals surface area contributed by atoms with Crippen molar-refractivity contribution in [2.75, 3.05) is 4.72 Å². The zero-order valence-electron chi connectivity index (χ0n) is 17.0. The number of thiazole rings is 1. The standard InChI is InChI=1S/C23H19ClN2O4S2/c1-2-12-26-20-11-9-17(14-21(20)31-23(26)28)32(29,30)25-19-10-8-16(24)13-18(19)22(27)15-6-4-3-5-7-15/h3-11,13-14,25H,2,12H2,1H3. The zero-order valence-corrected chi connectivity index (χ0v) is 19.4. The summed E-state index contributed by atoms with van der Waals surface area (Å²) in [6.45, 7) is 2.54. The second-order valence-corrected chi connectivity index (χ2v) is 10.3. The van der Waals surface area contributed by atoms with E-state index in [9.17, 15) is 18.0 Å². The number of rotatable bonds is 7. The van der Waals surface area contributed by atoms with Crippen LogP contribution >= 0.6 is 22.9 Å². The second-order valence-electron chi connectivity index (χ2n) is 7.14. The number of hydrogen-bond acceptors (Lipinski definition) is 5. The van der Waals surface area contributed by atoms with E-state index in [1.165, 1.54) is 30.3 Å². The summed E-state index contributed by atoms with van der Waals surface area (Å²) in [6, 6.07) is 17.5. The lowest BCUT2D eigenvalue weighted by molar-refractivity contribution is 0.103. The predicted octanol–water partition coefficient (Wildman–Crippen LogP) is 5.16. The van der Waals surface area contributed by atoms with Crippen LogP contribution in [0, 0.1) is 0 Å². The number of aromatic nitrogens is 1. The molecule has 0 fully saturated rings. The maximum Gasteiger partial charge on any atom is 0.308 e. The molecule has 0 saturated carbocycles. The van der Waals surface area contributed by atoms with Gasteiger partial charge in [0.15, 0.2) is 5.78 Å². The molecule has 1 heterocycles. The molecule has 164 valence electrons. The highest BCUT2D eigenvalue weighted by molar-refractivity contribution is 7.92. The Labute approximate surface area is 194 Å². The highest BCUT2D eigenvalue weighted by Crippen LogP contribution is 2.28. The monoisotopic (exact) mass is 486 g/mol. The molecule has 1 N–H and O–H groups in total. The topological polar surface area (TPSA) is 85.2 Å². The third-order valence-corrected chi connectivity index (χ3v) is 7.44. The summed E-state index contributed by atoms with van der Waals surface area (Å²) in [5.74, 6) is -0.351. The van der Waals surface area contributed by atoms with Crippen LogP contribution in [0.25, 0.3) is 10.2 Å². The molecule has 0 amide bonds. The summed E-state index contributed by atoms with van der Waals surface area (Å²) in [6.07, 6.45) is 0.794. The highest BCUT2D eigenvalue weighted by Gasteiger charge is 2.21. The molecular weight excluding hydrogens is 468 g/mol. The first-order valence-corrected chi connectivity index (χ1v) is 12.5. The Kier molecular flexibility index (Phi) is 6.19. The van der Waals surface area contributed by atoms with E-state index in [2.05, 4.69) is 4.72 Å². The van der Waals surface area contributed by atoms with Crippen LogP contribution in [0.4, 0.5) is 5.69 Å². The number of benzene rings is 3. The number of carbonyl (C=O) groups excluding carboxylic acids is 1. The summed E-state index contributed by atoms with van der Waals surface area (Å²) in [5, 5.41) is 0.315. The lowest BCUT2D eigenvalue weighted by atomic mass is 10.0. The van der Waals surface area contributed by atoms with Gasteiger partial charge in [0.25, 0.3) is 10.0 Å². The van der Waals surface area contributed by atoms with E-state index in [1.54, 1.807) is 41.0 Å². The number of nitrogens with zero attached hydrogens (tertiary/aromatic N) is 1. The Morgan fingerprint density at radius 2 is 1.81 bits per heavy atom. The van der Waals surface area contributed by atoms with Gasteiger partial charge < -0.3 is 0 Å². The number of fused-ring (bicyclic) bond motifs is 1. The Balaban J connectivity index is 1.73. The summed E-state index contributed by atoms with van der Waals surface area (Å²) in [5.41, 5.74) is 1.39. The van der Waals surface area contributed by atoms with Crippen LogP contribution in [-0.4, -0.2) is 18.8 Å². The lowest BCUT2D eigenvalue weighted by Gasteiger charge is -2.13. The van der Waals surface area contributed by atoms with E-state index >= 15 is 0 Å². The number of nitrogens with one attached hydrogen (secondary N) is 1. The number of sulfonamides is 1. The summed E-state index contributed by atoms with van der Waals surface area (Å²) in [4.78, 5) is 25.1. The fraction of sp³-hybridized carbons (Fsp3) is 0.130. The average molecular weight is 487 g/mol. The summed E-state index contributed by atoms with van der Waals surface area (Å²) in [7, 11) is -4.02. The number of aryl methyl sites for hydroxylation is 1. The normalized spacial score (nSPS) is 11.6. The minimum Gasteiger partial charge on any atom is -0.299 e. The molecule has 0 aliphatic rings. The fourth-order valence-corrected chi connectivity index (χ4v) is 5.70. The van der Waals surface area contributed by atoms with Crippen molar-refractivity contribution >= 4 is 54.6 Å². The van der Waals surface area contributed by atoms with Gasteiger partial charge in [-0.2, -0.15) is 0 Å². The van der Waals surface area contributed by atoms with Crippen LogP contribution in [0.1, 0.15) is 29.3 Å². The first-order chi connectivity index (χ1) is 15.3. The molecule has 6 nitrogen and oxygen atoms in total. The highest BCUT2D eigenvalue weighted by atomic mass is 35.5. The van der Waals surface area contributed by atoms with Gasteiger partial charge in [0.2, 0.25) is 0 Å². The summed E-state index contributed by atoms with van der Waals surface area (Å²) >= 11 is 7.09. The van der Waals surface area contributed by atoms with Gasteiger partial charge in [-0.05, 0) is 42.8 Å². The molecule has 0 unspecified atom stereocenters. The van der Waals surface area contributed by atoms with Gasteiger partial charge in [0, 0.05) is 22.7 Å². The minimum atomic E-state index is -4.02. The third-order valence-electron chi connectivity index (χ3n) is 4.90. The van der Waals surface area contributed by atoms with Gasteiger partial charge in [0.05, 0.1) is 20.8 Å². The van der Waals surface area contributed by atoms with E-state index in [-0.39, 0.29) is 26.8 Å². The molecule has 0 aliphatic carbocycles. The Bertz CT molecular complexity index is 1480. The van der Waals surface area contributed by atoms with Crippen molar-refractivity contribution in [1.29, 1.82) is 0 Å². The zero-order chi connectivity index (χ0) is 22.9. The number of halogens is 1. The maximum absolute atomic E-state index is 13.1. The van der Waals surface area contributed by atoms with Gasteiger partial charge in [-0.1, -0.05) is 60.2 Å². The van der Waals surface area contributed by atoms with Gasteiger partial charge in [-0.15, -0.1) is 0 Å². The van der Waals surface area contributed by atoms with Crippen molar-refractivity contribution in [3.63, 3.8) is 0 Å². The van der Waals surface area contributed by atoms with Gasteiger partial charge in [-0.3, -0.25) is 18.9 Å². The van der Waals surface area contributed by atoms with Crippen LogP contribution in [0.15, 0.2) is 76.4 Å². The second kappa shape index (κ2) is 8.90. The number of ketones is 1. The predicted molar refractivity (Wildman–Crippen MR) is 129 cm³/mol. The molecule has 4 rings (SSSR count). The largest absolute Gasteiger partial charge is 0.308 e. The molecule has 0 spiro atoms. The van der Waals surface area contributed by atoms with Gasteiger partial charge in [0.1, 0.15) is 0 Å². The minimum absolute atomic E-state index is 0.00274. The van der Waals surface area contributed by atoms with E-state index in [0.29, 0.717) is 27.3 Å². The quantitative estimate of drug-likeness (QED) is 0.366. The number of carbonyl (C=O) groups is 1. The molecular formula is C23H19ClN2O4S2.